The topological polar surface area (TPSA) is 57.6 Å². The molecule has 2 rings (SSSR count). The van der Waals surface area contributed by atoms with Crippen molar-refractivity contribution in [1.29, 1.82) is 0 Å². The summed E-state index contributed by atoms with van der Waals surface area (Å²) in [5.41, 5.74) is 0.773. The number of carboxylic acids is 1. The molecule has 0 atom stereocenters. The third-order valence-corrected chi connectivity index (χ3v) is 3.25. The van der Waals surface area contributed by atoms with Gasteiger partial charge in [0.05, 0.1) is 0 Å². The highest BCUT2D eigenvalue weighted by molar-refractivity contribution is 6.31. The number of halogens is 1. The molecular formula is C13H14ClNO3. The molecule has 1 saturated carbocycles. The van der Waals surface area contributed by atoms with Crippen LogP contribution in [-0.4, -0.2) is 28.4 Å². The Bertz CT molecular complexity index is 471. The van der Waals surface area contributed by atoms with E-state index < -0.39 is 5.97 Å². The zero-order chi connectivity index (χ0) is 13.1. The lowest BCUT2D eigenvalue weighted by atomic mass is 10.2. The highest BCUT2D eigenvalue weighted by Crippen LogP contribution is 2.31. The van der Waals surface area contributed by atoms with Gasteiger partial charge in [0.1, 0.15) is 6.54 Å². The summed E-state index contributed by atoms with van der Waals surface area (Å²) in [4.78, 5) is 24.1. The smallest absolute Gasteiger partial charge is 0.323 e. The standard InChI is InChI=1S/C13H14ClNO3/c14-11-4-2-1-3-10(11)7-15(8-12(16)17)13(18)9-5-6-9/h1-4,9H,5-8H2,(H,16,17). The number of hydrogen-bond donors (Lipinski definition) is 1. The fourth-order valence-corrected chi connectivity index (χ4v) is 1.99. The molecule has 1 aromatic carbocycles. The molecule has 4 nitrogen and oxygen atoms in total. The van der Waals surface area contributed by atoms with E-state index in [-0.39, 0.29) is 24.9 Å². The summed E-state index contributed by atoms with van der Waals surface area (Å²) in [5.74, 6) is -1.08. The van der Waals surface area contributed by atoms with Crippen molar-refractivity contribution in [1.82, 2.24) is 4.90 Å². The SMILES string of the molecule is O=C(O)CN(Cc1ccccc1Cl)C(=O)C1CC1. The zero-order valence-electron chi connectivity index (χ0n) is 9.80. The zero-order valence-corrected chi connectivity index (χ0v) is 10.6. The van der Waals surface area contributed by atoms with Crippen molar-refractivity contribution in [3.63, 3.8) is 0 Å². The summed E-state index contributed by atoms with van der Waals surface area (Å²) < 4.78 is 0. The minimum absolute atomic E-state index is 0.00633. The Balaban J connectivity index is 2.11. The van der Waals surface area contributed by atoms with Gasteiger partial charge in [0.25, 0.3) is 0 Å². The highest BCUT2D eigenvalue weighted by atomic mass is 35.5. The maximum Gasteiger partial charge on any atom is 0.323 e. The van der Waals surface area contributed by atoms with Gasteiger partial charge in [0.2, 0.25) is 5.91 Å². The van der Waals surface area contributed by atoms with Crippen LogP contribution < -0.4 is 0 Å². The predicted molar refractivity (Wildman–Crippen MR) is 67.2 cm³/mol. The molecule has 1 N–H and O–H groups in total. The third-order valence-electron chi connectivity index (χ3n) is 2.88. The first-order valence-electron chi connectivity index (χ1n) is 5.82. The van der Waals surface area contributed by atoms with Gasteiger partial charge in [-0.3, -0.25) is 9.59 Å². The Labute approximate surface area is 110 Å². The summed E-state index contributed by atoms with van der Waals surface area (Å²) in [6.45, 7) is -0.0259. The lowest BCUT2D eigenvalue weighted by molar-refractivity contribution is -0.145. The second-order valence-electron chi connectivity index (χ2n) is 4.45. The van der Waals surface area contributed by atoms with Crippen molar-refractivity contribution < 1.29 is 14.7 Å². The van der Waals surface area contributed by atoms with Gasteiger partial charge in [-0.15, -0.1) is 0 Å². The average molecular weight is 268 g/mol. The minimum atomic E-state index is -1.00. The number of carbonyl (C=O) groups is 2. The fourth-order valence-electron chi connectivity index (χ4n) is 1.80. The van der Waals surface area contributed by atoms with E-state index in [0.717, 1.165) is 18.4 Å². The second kappa shape index (κ2) is 5.40. The molecular weight excluding hydrogens is 254 g/mol. The van der Waals surface area contributed by atoms with Gasteiger partial charge in [-0.2, -0.15) is 0 Å². The van der Waals surface area contributed by atoms with E-state index in [0.29, 0.717) is 5.02 Å². The highest BCUT2D eigenvalue weighted by Gasteiger charge is 2.34. The van der Waals surface area contributed by atoms with Gasteiger partial charge in [0.15, 0.2) is 0 Å². The van der Waals surface area contributed by atoms with Gasteiger partial charge < -0.3 is 10.0 Å². The number of benzene rings is 1. The monoisotopic (exact) mass is 267 g/mol. The van der Waals surface area contributed by atoms with Crippen LogP contribution >= 0.6 is 11.6 Å². The van der Waals surface area contributed by atoms with E-state index in [1.54, 1.807) is 18.2 Å². The molecule has 1 aliphatic rings. The van der Waals surface area contributed by atoms with Crippen LogP contribution in [0.25, 0.3) is 0 Å². The van der Waals surface area contributed by atoms with E-state index in [1.165, 1.54) is 4.90 Å². The number of hydrogen-bond acceptors (Lipinski definition) is 2. The largest absolute Gasteiger partial charge is 0.480 e. The normalized spacial score (nSPS) is 14.3. The lowest BCUT2D eigenvalue weighted by Gasteiger charge is -2.21. The van der Waals surface area contributed by atoms with Crippen molar-refractivity contribution >= 4 is 23.5 Å². The van der Waals surface area contributed by atoms with Gasteiger partial charge in [-0.1, -0.05) is 29.8 Å². The van der Waals surface area contributed by atoms with Crippen LogP contribution in [0.5, 0.6) is 0 Å². The molecule has 1 aliphatic carbocycles. The number of aliphatic carboxylic acids is 1. The number of carboxylic acid groups (broad SMARTS) is 1. The molecule has 0 spiro atoms. The second-order valence-corrected chi connectivity index (χ2v) is 4.86. The predicted octanol–water partition coefficient (Wildman–Crippen LogP) is 2.16. The van der Waals surface area contributed by atoms with Gasteiger partial charge in [0, 0.05) is 17.5 Å². The van der Waals surface area contributed by atoms with Crippen molar-refractivity contribution in [3.05, 3.63) is 34.9 Å². The quantitative estimate of drug-likeness (QED) is 0.889. The van der Waals surface area contributed by atoms with Crippen LogP contribution in [0.1, 0.15) is 18.4 Å². The van der Waals surface area contributed by atoms with E-state index in [4.69, 9.17) is 16.7 Å². The molecule has 0 saturated heterocycles. The Hall–Kier alpha value is -1.55. The molecule has 1 aromatic rings. The Kier molecular flexibility index (Phi) is 3.87. The average Bonchev–Trinajstić information content (AvgIpc) is 3.13. The Morgan fingerprint density at radius 2 is 2.00 bits per heavy atom. The maximum atomic E-state index is 12.0. The summed E-state index contributed by atoms with van der Waals surface area (Å²) >= 11 is 6.02. The van der Waals surface area contributed by atoms with Crippen LogP contribution in [0.15, 0.2) is 24.3 Å². The Morgan fingerprint density at radius 3 is 2.56 bits per heavy atom. The molecule has 18 heavy (non-hydrogen) atoms. The van der Waals surface area contributed by atoms with Crippen LogP contribution in [0.3, 0.4) is 0 Å². The van der Waals surface area contributed by atoms with Crippen LogP contribution in [-0.2, 0) is 16.1 Å². The first kappa shape index (κ1) is 12.9. The van der Waals surface area contributed by atoms with Gasteiger partial charge in [-0.25, -0.2) is 0 Å². The first-order valence-corrected chi connectivity index (χ1v) is 6.19. The molecule has 0 bridgehead atoms. The molecule has 0 radical (unpaired) electrons. The van der Waals surface area contributed by atoms with Crippen molar-refractivity contribution in [3.8, 4) is 0 Å². The molecule has 1 amide bonds. The number of amides is 1. The molecule has 5 heteroatoms. The Morgan fingerprint density at radius 1 is 1.33 bits per heavy atom. The molecule has 0 aromatic heterocycles. The van der Waals surface area contributed by atoms with E-state index in [1.807, 2.05) is 6.07 Å². The number of nitrogens with zero attached hydrogens (tertiary/aromatic N) is 1. The number of rotatable bonds is 5. The van der Waals surface area contributed by atoms with Crippen LogP contribution in [0, 0.1) is 5.92 Å². The fraction of sp³-hybridized carbons (Fsp3) is 0.385. The summed E-state index contributed by atoms with van der Waals surface area (Å²) in [5, 5.41) is 9.41. The van der Waals surface area contributed by atoms with Crippen molar-refractivity contribution in [2.24, 2.45) is 5.92 Å². The summed E-state index contributed by atoms with van der Waals surface area (Å²) in [7, 11) is 0. The van der Waals surface area contributed by atoms with Crippen LogP contribution in [0.2, 0.25) is 5.02 Å². The van der Waals surface area contributed by atoms with Gasteiger partial charge in [-0.05, 0) is 24.5 Å². The van der Waals surface area contributed by atoms with Gasteiger partial charge >= 0.3 is 5.97 Å². The molecule has 96 valence electrons. The number of carbonyl (C=O) groups excluding carboxylic acids is 1. The third kappa shape index (κ3) is 3.23. The minimum Gasteiger partial charge on any atom is -0.480 e. The molecule has 0 heterocycles. The summed E-state index contributed by atoms with van der Waals surface area (Å²) in [6.07, 6.45) is 1.72. The summed E-state index contributed by atoms with van der Waals surface area (Å²) in [6, 6.07) is 7.16. The molecule has 0 aliphatic heterocycles. The van der Waals surface area contributed by atoms with Crippen molar-refractivity contribution in [2.75, 3.05) is 6.54 Å². The molecule has 0 unspecified atom stereocenters. The first-order chi connectivity index (χ1) is 8.58. The van der Waals surface area contributed by atoms with E-state index in [9.17, 15) is 9.59 Å². The van der Waals surface area contributed by atoms with E-state index in [2.05, 4.69) is 0 Å². The lowest BCUT2D eigenvalue weighted by Crippen LogP contribution is -2.36. The van der Waals surface area contributed by atoms with E-state index >= 15 is 0 Å². The van der Waals surface area contributed by atoms with Crippen LogP contribution in [0.4, 0.5) is 0 Å². The van der Waals surface area contributed by atoms with Crippen molar-refractivity contribution in [2.45, 2.75) is 19.4 Å². The maximum absolute atomic E-state index is 12.0. The molecule has 1 fully saturated rings.